The van der Waals surface area contributed by atoms with Gasteiger partial charge in [0.05, 0.1) is 6.10 Å². The average Bonchev–Trinajstić information content (AvgIpc) is 1.64. The summed E-state index contributed by atoms with van der Waals surface area (Å²) in [6.45, 7) is 9.60. The normalized spacial score (nSPS) is 15.1. The lowest BCUT2D eigenvalue weighted by Gasteiger charge is -2.24. The molecule has 0 aromatic carbocycles. The van der Waals surface area contributed by atoms with E-state index in [9.17, 15) is 5.11 Å². The Morgan fingerprint density at radius 2 is 2.00 bits per heavy atom. The van der Waals surface area contributed by atoms with E-state index in [1.54, 1.807) is 6.08 Å². The maximum Gasteiger partial charge on any atom is 0.0622 e. The SMILES string of the molecule is C=CC[C@@H](O)C(C)(C)C. The van der Waals surface area contributed by atoms with Crippen molar-refractivity contribution in [3.05, 3.63) is 12.7 Å². The molecular weight excluding hydrogens is 112 g/mol. The summed E-state index contributed by atoms with van der Waals surface area (Å²) in [4.78, 5) is 0. The molecule has 0 aliphatic carbocycles. The van der Waals surface area contributed by atoms with Crippen molar-refractivity contribution in [3.63, 3.8) is 0 Å². The Bertz CT molecular complexity index is 89.2. The summed E-state index contributed by atoms with van der Waals surface area (Å²) in [5.41, 5.74) is -0.00576. The quantitative estimate of drug-likeness (QED) is 0.564. The van der Waals surface area contributed by atoms with Crippen molar-refractivity contribution >= 4 is 0 Å². The molecule has 0 fully saturated rings. The van der Waals surface area contributed by atoms with Gasteiger partial charge in [-0.1, -0.05) is 26.8 Å². The van der Waals surface area contributed by atoms with Gasteiger partial charge in [0.25, 0.3) is 0 Å². The van der Waals surface area contributed by atoms with Gasteiger partial charge in [-0.2, -0.15) is 0 Å². The third-order valence-electron chi connectivity index (χ3n) is 1.39. The van der Waals surface area contributed by atoms with Crippen LogP contribution in [0.3, 0.4) is 0 Å². The molecule has 1 N–H and O–H groups in total. The minimum absolute atomic E-state index is 0.00576. The Kier molecular flexibility index (Phi) is 2.92. The van der Waals surface area contributed by atoms with Crippen LogP contribution in [0.5, 0.6) is 0 Å². The van der Waals surface area contributed by atoms with Crippen molar-refractivity contribution in [1.82, 2.24) is 0 Å². The Balaban J connectivity index is 3.72. The lowest BCUT2D eigenvalue weighted by molar-refractivity contribution is 0.0660. The van der Waals surface area contributed by atoms with Crippen LogP contribution in [0, 0.1) is 5.41 Å². The molecule has 0 heterocycles. The molecule has 0 saturated carbocycles. The van der Waals surface area contributed by atoms with Crippen LogP contribution in [0.15, 0.2) is 12.7 Å². The number of aliphatic hydroxyl groups excluding tert-OH is 1. The fourth-order valence-corrected chi connectivity index (χ4v) is 0.511. The monoisotopic (exact) mass is 128 g/mol. The first kappa shape index (κ1) is 8.70. The topological polar surface area (TPSA) is 20.2 Å². The van der Waals surface area contributed by atoms with Crippen molar-refractivity contribution in [2.24, 2.45) is 5.41 Å². The van der Waals surface area contributed by atoms with E-state index in [1.165, 1.54) is 0 Å². The van der Waals surface area contributed by atoms with E-state index in [2.05, 4.69) is 6.58 Å². The first-order valence-corrected chi connectivity index (χ1v) is 3.27. The fraction of sp³-hybridized carbons (Fsp3) is 0.750. The Hall–Kier alpha value is -0.300. The molecule has 0 spiro atoms. The van der Waals surface area contributed by atoms with Crippen LogP contribution >= 0.6 is 0 Å². The fourth-order valence-electron chi connectivity index (χ4n) is 0.511. The van der Waals surface area contributed by atoms with Gasteiger partial charge >= 0.3 is 0 Å². The standard InChI is InChI=1S/C8H16O/c1-5-6-7(9)8(2,3)4/h5,7,9H,1,6H2,2-4H3/t7-/m1/s1. The molecule has 0 saturated heterocycles. The number of hydrogen-bond donors (Lipinski definition) is 1. The van der Waals surface area contributed by atoms with Gasteiger partial charge in [-0.3, -0.25) is 0 Å². The lowest BCUT2D eigenvalue weighted by Crippen LogP contribution is -2.24. The average molecular weight is 128 g/mol. The molecule has 9 heavy (non-hydrogen) atoms. The Labute approximate surface area is 57.4 Å². The molecule has 0 aliphatic rings. The number of rotatable bonds is 2. The highest BCUT2D eigenvalue weighted by atomic mass is 16.3. The van der Waals surface area contributed by atoms with E-state index < -0.39 is 0 Å². The first-order valence-electron chi connectivity index (χ1n) is 3.27. The van der Waals surface area contributed by atoms with E-state index >= 15 is 0 Å². The predicted octanol–water partition coefficient (Wildman–Crippen LogP) is 1.97. The summed E-state index contributed by atoms with van der Waals surface area (Å²) >= 11 is 0. The smallest absolute Gasteiger partial charge is 0.0622 e. The Morgan fingerprint density at radius 1 is 1.56 bits per heavy atom. The van der Waals surface area contributed by atoms with Gasteiger partial charge in [-0.05, 0) is 11.8 Å². The van der Waals surface area contributed by atoms with Gasteiger partial charge in [-0.15, -0.1) is 6.58 Å². The molecule has 0 rings (SSSR count). The van der Waals surface area contributed by atoms with Gasteiger partial charge in [0.15, 0.2) is 0 Å². The lowest BCUT2D eigenvalue weighted by atomic mass is 9.87. The molecule has 1 atom stereocenters. The third kappa shape index (κ3) is 3.31. The van der Waals surface area contributed by atoms with E-state index in [0.29, 0.717) is 6.42 Å². The van der Waals surface area contributed by atoms with Gasteiger partial charge in [0.1, 0.15) is 0 Å². The van der Waals surface area contributed by atoms with E-state index in [4.69, 9.17) is 0 Å². The van der Waals surface area contributed by atoms with Crippen LogP contribution in [0.25, 0.3) is 0 Å². The number of hydrogen-bond acceptors (Lipinski definition) is 1. The molecular formula is C8H16O. The summed E-state index contributed by atoms with van der Waals surface area (Å²) < 4.78 is 0. The highest BCUT2D eigenvalue weighted by molar-refractivity contribution is 4.80. The zero-order chi connectivity index (χ0) is 7.49. The maximum atomic E-state index is 9.31. The van der Waals surface area contributed by atoms with Gasteiger partial charge in [0, 0.05) is 0 Å². The second-order valence-corrected chi connectivity index (χ2v) is 3.41. The summed E-state index contributed by atoms with van der Waals surface area (Å²) in [5, 5.41) is 9.31. The van der Waals surface area contributed by atoms with Gasteiger partial charge < -0.3 is 5.11 Å². The van der Waals surface area contributed by atoms with Crippen molar-refractivity contribution in [2.45, 2.75) is 33.3 Å². The maximum absolute atomic E-state index is 9.31. The molecule has 0 bridgehead atoms. The minimum Gasteiger partial charge on any atom is -0.392 e. The molecule has 0 radical (unpaired) electrons. The van der Waals surface area contributed by atoms with E-state index in [-0.39, 0.29) is 11.5 Å². The Morgan fingerprint density at radius 3 is 2.11 bits per heavy atom. The molecule has 1 nitrogen and oxygen atoms in total. The molecule has 0 amide bonds. The zero-order valence-electron chi connectivity index (χ0n) is 6.52. The van der Waals surface area contributed by atoms with Crippen LogP contribution in [-0.2, 0) is 0 Å². The summed E-state index contributed by atoms with van der Waals surface area (Å²) in [7, 11) is 0. The van der Waals surface area contributed by atoms with Crippen LogP contribution in [-0.4, -0.2) is 11.2 Å². The van der Waals surface area contributed by atoms with Gasteiger partial charge in [0.2, 0.25) is 0 Å². The van der Waals surface area contributed by atoms with E-state index in [0.717, 1.165) is 0 Å². The van der Waals surface area contributed by atoms with Gasteiger partial charge in [-0.25, -0.2) is 0 Å². The first-order chi connectivity index (χ1) is 3.98. The van der Waals surface area contributed by atoms with Crippen molar-refractivity contribution < 1.29 is 5.11 Å². The van der Waals surface area contributed by atoms with Crippen LogP contribution in [0.1, 0.15) is 27.2 Å². The van der Waals surface area contributed by atoms with Crippen molar-refractivity contribution in [1.29, 1.82) is 0 Å². The summed E-state index contributed by atoms with van der Waals surface area (Å²) in [6, 6.07) is 0. The summed E-state index contributed by atoms with van der Waals surface area (Å²) in [6.07, 6.45) is 2.18. The van der Waals surface area contributed by atoms with Crippen molar-refractivity contribution in [2.75, 3.05) is 0 Å². The molecule has 0 aromatic heterocycles. The van der Waals surface area contributed by atoms with Crippen LogP contribution in [0.2, 0.25) is 0 Å². The second kappa shape index (κ2) is 3.02. The highest BCUT2D eigenvalue weighted by Crippen LogP contribution is 2.21. The highest BCUT2D eigenvalue weighted by Gasteiger charge is 2.19. The minimum atomic E-state index is -0.255. The summed E-state index contributed by atoms with van der Waals surface area (Å²) in [5.74, 6) is 0. The predicted molar refractivity (Wildman–Crippen MR) is 40.3 cm³/mol. The molecule has 54 valence electrons. The second-order valence-electron chi connectivity index (χ2n) is 3.41. The zero-order valence-corrected chi connectivity index (χ0v) is 6.52. The number of aliphatic hydroxyl groups is 1. The molecule has 1 heteroatoms. The third-order valence-corrected chi connectivity index (χ3v) is 1.39. The van der Waals surface area contributed by atoms with E-state index in [1.807, 2.05) is 20.8 Å². The molecule has 0 aromatic rings. The molecule has 0 aliphatic heterocycles. The van der Waals surface area contributed by atoms with Crippen LogP contribution < -0.4 is 0 Å². The largest absolute Gasteiger partial charge is 0.392 e. The van der Waals surface area contributed by atoms with Crippen LogP contribution in [0.4, 0.5) is 0 Å². The van der Waals surface area contributed by atoms with Crippen molar-refractivity contribution in [3.8, 4) is 0 Å². The molecule has 0 unspecified atom stereocenters.